The number of hydrogen-bond acceptors (Lipinski definition) is 15. The van der Waals surface area contributed by atoms with Crippen LogP contribution in [0.15, 0.2) is 48.5 Å². The first kappa shape index (κ1) is 56.2. The number of carbonyl (C=O) groups is 2. The molecule has 1 heterocycles. The molecule has 1 aliphatic rings. The van der Waals surface area contributed by atoms with Crippen LogP contribution in [0.2, 0.25) is 0 Å². The smallest absolute Gasteiger partial charge is 0.261 e. The molecule has 0 unspecified atom stereocenters. The summed E-state index contributed by atoms with van der Waals surface area (Å²) in [5.74, 6) is 0.322. The Balaban J connectivity index is 0.900. The Morgan fingerprint density at radius 2 is 0.662 bits per heavy atom. The van der Waals surface area contributed by atoms with Gasteiger partial charge in [0.1, 0.15) is 12.4 Å². The highest BCUT2D eigenvalue weighted by Crippen LogP contribution is 2.22. The van der Waals surface area contributed by atoms with E-state index in [4.69, 9.17) is 61.6 Å². The molecule has 16 heteroatoms. The molecule has 0 fully saturated rings. The van der Waals surface area contributed by atoms with Crippen LogP contribution in [-0.2, 0) is 63.3 Å². The summed E-state index contributed by atoms with van der Waals surface area (Å²) in [6.07, 6.45) is 10.5. The summed E-state index contributed by atoms with van der Waals surface area (Å²) in [6, 6.07) is 15.3. The summed E-state index contributed by atoms with van der Waals surface area (Å²) in [4.78, 5) is 25.9. The summed E-state index contributed by atoms with van der Waals surface area (Å²) in [6.45, 7) is 14.2. The quantitative estimate of drug-likeness (QED) is 0.0575. The zero-order valence-electron chi connectivity index (χ0n) is 39.2. The topological polar surface area (TPSA) is 157 Å². The van der Waals surface area contributed by atoms with E-state index in [9.17, 15) is 9.59 Å². The van der Waals surface area contributed by atoms with Crippen molar-refractivity contribution in [3.05, 3.63) is 65.2 Å². The number of aryl methyl sites for hydroxylation is 1. The minimum atomic E-state index is -0.279. The van der Waals surface area contributed by atoms with Crippen molar-refractivity contribution in [3.8, 4) is 5.75 Å². The van der Waals surface area contributed by atoms with Crippen LogP contribution in [0.25, 0.3) is 0 Å². The summed E-state index contributed by atoms with van der Waals surface area (Å²) >= 11 is 0. The van der Waals surface area contributed by atoms with Gasteiger partial charge >= 0.3 is 0 Å². The first-order valence-electron chi connectivity index (χ1n) is 23.8. The van der Waals surface area contributed by atoms with Crippen LogP contribution >= 0.6 is 0 Å². The lowest BCUT2D eigenvalue weighted by Gasteiger charge is -2.13. The number of hydrogen-bond donors (Lipinski definition) is 0. The fraction of sp³-hybridized carbons (Fsp3) is 0.714. The minimum Gasteiger partial charge on any atom is -0.491 e. The molecule has 0 aromatic heterocycles. The molecule has 0 N–H and O–H groups in total. The Bertz CT molecular complexity index is 1380. The molecular formula is C49H79NO15. The normalized spacial score (nSPS) is 12.5. The highest BCUT2D eigenvalue weighted by atomic mass is 16.6. The molecule has 0 aliphatic carbocycles. The van der Waals surface area contributed by atoms with E-state index >= 15 is 0 Å². The predicted molar refractivity (Wildman–Crippen MR) is 245 cm³/mol. The lowest BCUT2D eigenvalue weighted by atomic mass is 10.0. The molecule has 2 aromatic rings. The predicted octanol–water partition coefficient (Wildman–Crippen LogP) is 5.85. The van der Waals surface area contributed by atoms with E-state index in [2.05, 4.69) is 31.2 Å². The SMILES string of the molecule is CCCCCCCCCc1ccc(OCCOCCOCCOCCOCCOCCOCCOCCOCCOCCOCCOCCOCCN2C(=O)c3ccccc3C2=O)cc1. The van der Waals surface area contributed by atoms with Gasteiger partial charge in [0.05, 0.1) is 176 Å². The van der Waals surface area contributed by atoms with Crippen LogP contribution < -0.4 is 4.74 Å². The van der Waals surface area contributed by atoms with Gasteiger partial charge in [-0.2, -0.15) is 0 Å². The van der Waals surface area contributed by atoms with Gasteiger partial charge < -0.3 is 61.6 Å². The highest BCUT2D eigenvalue weighted by molar-refractivity contribution is 6.21. The summed E-state index contributed by atoms with van der Waals surface area (Å²) in [5.41, 5.74) is 2.26. The Morgan fingerprint density at radius 3 is 1.02 bits per heavy atom. The van der Waals surface area contributed by atoms with Gasteiger partial charge in [0.25, 0.3) is 11.8 Å². The molecule has 0 spiro atoms. The number of imide groups is 1. The summed E-state index contributed by atoms with van der Waals surface area (Å²) in [7, 11) is 0. The Hall–Kier alpha value is -3.10. The maximum atomic E-state index is 12.3. The Morgan fingerprint density at radius 1 is 0.354 bits per heavy atom. The van der Waals surface area contributed by atoms with Crippen molar-refractivity contribution in [2.45, 2.75) is 58.3 Å². The minimum absolute atomic E-state index is 0.211. The number of rotatable bonds is 48. The maximum absolute atomic E-state index is 12.3. The standard InChI is InChI=1S/C49H79NO15/c1-2-3-4-5-6-7-8-11-44-14-16-45(17-15-44)65-43-42-64-41-40-63-39-38-62-37-36-61-35-34-60-33-32-59-31-30-58-29-28-57-27-26-56-25-24-55-23-22-54-21-20-53-19-18-50-48(51)46-12-9-10-13-47(46)49(50)52/h9-10,12-17H,2-8,11,18-43H2,1H3. The van der Waals surface area contributed by atoms with Crippen molar-refractivity contribution in [2.75, 3.05) is 172 Å². The molecule has 2 aromatic carbocycles. The van der Waals surface area contributed by atoms with Crippen molar-refractivity contribution >= 4 is 11.8 Å². The number of unbranched alkanes of at least 4 members (excludes halogenated alkanes) is 6. The highest BCUT2D eigenvalue weighted by Gasteiger charge is 2.34. The first-order valence-corrected chi connectivity index (χ1v) is 23.8. The average Bonchev–Trinajstić information content (AvgIpc) is 3.57. The lowest BCUT2D eigenvalue weighted by Crippen LogP contribution is -2.33. The van der Waals surface area contributed by atoms with Crippen LogP contribution in [0.3, 0.4) is 0 Å². The van der Waals surface area contributed by atoms with E-state index in [-0.39, 0.29) is 25.0 Å². The third-order valence-electron chi connectivity index (χ3n) is 9.92. The number of nitrogens with zero attached hydrogens (tertiary/aromatic N) is 1. The van der Waals surface area contributed by atoms with Crippen molar-refractivity contribution in [1.82, 2.24) is 4.90 Å². The fourth-order valence-electron chi connectivity index (χ4n) is 6.38. The molecule has 0 bridgehead atoms. The van der Waals surface area contributed by atoms with Crippen LogP contribution in [0.4, 0.5) is 0 Å². The molecule has 3 rings (SSSR count). The van der Waals surface area contributed by atoms with Crippen LogP contribution in [-0.4, -0.2) is 188 Å². The van der Waals surface area contributed by atoms with E-state index in [0.29, 0.717) is 170 Å². The van der Waals surface area contributed by atoms with Crippen LogP contribution in [0, 0.1) is 0 Å². The molecule has 65 heavy (non-hydrogen) atoms. The van der Waals surface area contributed by atoms with Crippen LogP contribution in [0.1, 0.15) is 78.1 Å². The Kier molecular flexibility index (Phi) is 35.6. The number of carbonyl (C=O) groups excluding carboxylic acids is 2. The fourth-order valence-corrected chi connectivity index (χ4v) is 6.38. The third kappa shape index (κ3) is 29.3. The van der Waals surface area contributed by atoms with E-state index in [0.717, 1.165) is 12.2 Å². The monoisotopic (exact) mass is 922 g/mol. The average molecular weight is 922 g/mol. The molecular weight excluding hydrogens is 843 g/mol. The molecule has 0 saturated heterocycles. The molecule has 0 atom stereocenters. The molecule has 16 nitrogen and oxygen atoms in total. The van der Waals surface area contributed by atoms with Crippen molar-refractivity contribution in [1.29, 1.82) is 0 Å². The second kappa shape index (κ2) is 41.1. The van der Waals surface area contributed by atoms with Gasteiger partial charge in [-0.05, 0) is 42.7 Å². The van der Waals surface area contributed by atoms with Crippen molar-refractivity contribution in [3.63, 3.8) is 0 Å². The van der Waals surface area contributed by atoms with Gasteiger partial charge in [0.2, 0.25) is 0 Å². The Labute approximate surface area is 388 Å². The maximum Gasteiger partial charge on any atom is 0.261 e. The van der Waals surface area contributed by atoms with E-state index in [1.165, 1.54) is 55.4 Å². The van der Waals surface area contributed by atoms with Crippen LogP contribution in [0.5, 0.6) is 5.75 Å². The van der Waals surface area contributed by atoms with E-state index in [1.807, 2.05) is 0 Å². The number of fused-ring (bicyclic) bond motifs is 1. The van der Waals surface area contributed by atoms with Crippen molar-refractivity contribution in [2.24, 2.45) is 0 Å². The van der Waals surface area contributed by atoms with Gasteiger partial charge in [-0.3, -0.25) is 14.5 Å². The third-order valence-corrected chi connectivity index (χ3v) is 9.92. The molecule has 0 radical (unpaired) electrons. The number of benzene rings is 2. The largest absolute Gasteiger partial charge is 0.491 e. The van der Waals surface area contributed by atoms with Gasteiger partial charge in [0, 0.05) is 0 Å². The summed E-state index contributed by atoms with van der Waals surface area (Å²) < 4.78 is 72.1. The van der Waals surface area contributed by atoms with Gasteiger partial charge in [-0.1, -0.05) is 69.7 Å². The molecule has 370 valence electrons. The lowest BCUT2D eigenvalue weighted by molar-refractivity contribution is -0.0286. The second-order valence-corrected chi connectivity index (χ2v) is 15.0. The van der Waals surface area contributed by atoms with E-state index in [1.54, 1.807) is 24.3 Å². The van der Waals surface area contributed by atoms with E-state index < -0.39 is 0 Å². The molecule has 1 aliphatic heterocycles. The molecule has 2 amide bonds. The number of amides is 2. The zero-order chi connectivity index (χ0) is 45.9. The number of ether oxygens (including phenoxy) is 13. The van der Waals surface area contributed by atoms with Gasteiger partial charge in [-0.25, -0.2) is 0 Å². The first-order chi connectivity index (χ1) is 32.2. The van der Waals surface area contributed by atoms with Gasteiger partial charge in [-0.15, -0.1) is 0 Å². The zero-order valence-corrected chi connectivity index (χ0v) is 39.2. The van der Waals surface area contributed by atoms with Gasteiger partial charge in [0.15, 0.2) is 0 Å². The second-order valence-electron chi connectivity index (χ2n) is 15.0. The summed E-state index contributed by atoms with van der Waals surface area (Å²) in [5, 5.41) is 0. The molecule has 0 saturated carbocycles. The van der Waals surface area contributed by atoms with Crippen molar-refractivity contribution < 1.29 is 71.2 Å².